The molecule has 1 unspecified atom stereocenters. The predicted octanol–water partition coefficient (Wildman–Crippen LogP) is 2.72. The minimum atomic E-state index is -1.05. The number of nitrogens with one attached hydrogen (secondary N) is 1. The summed E-state index contributed by atoms with van der Waals surface area (Å²) in [7, 11) is 0. The van der Waals surface area contributed by atoms with Gasteiger partial charge in [0.25, 0.3) is 5.91 Å². The largest absolute Gasteiger partial charge is 0.489 e. The van der Waals surface area contributed by atoms with E-state index in [0.717, 1.165) is 11.3 Å². The molecule has 6 nitrogen and oxygen atoms in total. The van der Waals surface area contributed by atoms with Gasteiger partial charge < -0.3 is 19.6 Å². The van der Waals surface area contributed by atoms with E-state index in [9.17, 15) is 9.59 Å². The van der Waals surface area contributed by atoms with Gasteiger partial charge in [0.1, 0.15) is 24.0 Å². The fraction of sp³-hybridized carbons (Fsp3) is 0.333. The van der Waals surface area contributed by atoms with Crippen LogP contribution in [-0.2, 0) is 11.2 Å². The zero-order valence-corrected chi connectivity index (χ0v) is 14.0. The van der Waals surface area contributed by atoms with E-state index in [1.165, 1.54) is 6.26 Å². The summed E-state index contributed by atoms with van der Waals surface area (Å²) in [6, 6.07) is 7.65. The molecule has 24 heavy (non-hydrogen) atoms. The average molecular weight is 331 g/mol. The van der Waals surface area contributed by atoms with Gasteiger partial charge in [0.15, 0.2) is 0 Å². The quantitative estimate of drug-likeness (QED) is 0.814. The summed E-state index contributed by atoms with van der Waals surface area (Å²) < 4.78 is 10.9. The molecule has 0 aliphatic rings. The van der Waals surface area contributed by atoms with Crippen molar-refractivity contribution in [2.45, 2.75) is 33.3 Å². The molecule has 0 fully saturated rings. The fourth-order valence-corrected chi connectivity index (χ4v) is 2.29. The summed E-state index contributed by atoms with van der Waals surface area (Å²) in [6.45, 7) is 5.84. The Balaban J connectivity index is 1.94. The summed E-state index contributed by atoms with van der Waals surface area (Å²) >= 11 is 0. The molecule has 1 atom stereocenters. The third kappa shape index (κ3) is 4.62. The molecule has 0 aliphatic heterocycles. The zero-order chi connectivity index (χ0) is 17.7. The van der Waals surface area contributed by atoms with Crippen LogP contribution in [0.4, 0.5) is 0 Å². The van der Waals surface area contributed by atoms with Crippen molar-refractivity contribution in [3.63, 3.8) is 0 Å². The van der Waals surface area contributed by atoms with Gasteiger partial charge in [-0.05, 0) is 32.9 Å². The van der Waals surface area contributed by atoms with Crippen LogP contribution in [0.15, 0.2) is 34.9 Å². The van der Waals surface area contributed by atoms with Gasteiger partial charge in [-0.25, -0.2) is 0 Å². The molecule has 0 saturated heterocycles. The average Bonchev–Trinajstić information content (AvgIpc) is 2.87. The first-order valence-electron chi connectivity index (χ1n) is 7.67. The molecule has 0 bridgehead atoms. The Morgan fingerprint density at radius 3 is 2.54 bits per heavy atom. The number of aryl methyl sites for hydroxylation is 2. The SMILES string of the molecule is Cc1ccc(OC(C)CNC(=O)c2c(C)coc2CC(=O)O)cc1. The number of furan rings is 1. The van der Waals surface area contributed by atoms with Crippen molar-refractivity contribution in [3.05, 3.63) is 53.0 Å². The highest BCUT2D eigenvalue weighted by atomic mass is 16.5. The van der Waals surface area contributed by atoms with Crippen molar-refractivity contribution >= 4 is 11.9 Å². The van der Waals surface area contributed by atoms with Gasteiger partial charge in [-0.3, -0.25) is 9.59 Å². The Bertz CT molecular complexity index is 718. The monoisotopic (exact) mass is 331 g/mol. The molecule has 2 N–H and O–H groups in total. The summed E-state index contributed by atoms with van der Waals surface area (Å²) in [5, 5.41) is 11.6. The molecule has 1 aromatic carbocycles. The molecule has 0 radical (unpaired) electrons. The Labute approximate surface area is 140 Å². The van der Waals surface area contributed by atoms with Crippen LogP contribution in [-0.4, -0.2) is 29.6 Å². The van der Waals surface area contributed by atoms with Crippen LogP contribution in [0, 0.1) is 13.8 Å². The van der Waals surface area contributed by atoms with Gasteiger partial charge in [0, 0.05) is 5.56 Å². The number of carboxylic acid groups (broad SMARTS) is 1. The van der Waals surface area contributed by atoms with Crippen LogP contribution in [0.2, 0.25) is 0 Å². The third-order valence-corrected chi connectivity index (χ3v) is 3.50. The molecule has 0 aliphatic carbocycles. The number of carbonyl (C=O) groups excluding carboxylic acids is 1. The van der Waals surface area contributed by atoms with Gasteiger partial charge in [0.2, 0.25) is 0 Å². The summed E-state index contributed by atoms with van der Waals surface area (Å²) in [5.74, 6) is -0.524. The van der Waals surface area contributed by atoms with Crippen molar-refractivity contribution in [3.8, 4) is 5.75 Å². The Kier molecular flexibility index (Phi) is 5.63. The molecule has 2 rings (SSSR count). The van der Waals surface area contributed by atoms with E-state index in [4.69, 9.17) is 14.3 Å². The van der Waals surface area contributed by atoms with Crippen molar-refractivity contribution in [2.75, 3.05) is 6.54 Å². The molecule has 1 amide bonds. The maximum Gasteiger partial charge on any atom is 0.311 e. The lowest BCUT2D eigenvalue weighted by atomic mass is 10.1. The number of carbonyl (C=O) groups is 2. The molecule has 1 heterocycles. The first-order chi connectivity index (χ1) is 11.4. The van der Waals surface area contributed by atoms with Crippen molar-refractivity contribution < 1.29 is 23.8 Å². The van der Waals surface area contributed by atoms with Crippen molar-refractivity contribution in [1.82, 2.24) is 5.32 Å². The normalized spacial score (nSPS) is 11.8. The number of aliphatic carboxylic acids is 1. The number of rotatable bonds is 7. The first kappa shape index (κ1) is 17.6. The van der Waals surface area contributed by atoms with E-state index in [2.05, 4.69) is 5.32 Å². The van der Waals surface area contributed by atoms with Gasteiger partial charge >= 0.3 is 5.97 Å². The summed E-state index contributed by atoms with van der Waals surface area (Å²) in [5.41, 5.74) is 2.03. The van der Waals surface area contributed by atoms with E-state index in [1.807, 2.05) is 38.1 Å². The Hall–Kier alpha value is -2.76. The number of hydrogen-bond donors (Lipinski definition) is 2. The van der Waals surface area contributed by atoms with Gasteiger partial charge in [-0.1, -0.05) is 17.7 Å². The van der Waals surface area contributed by atoms with E-state index < -0.39 is 5.97 Å². The van der Waals surface area contributed by atoms with Crippen LogP contribution in [0.25, 0.3) is 0 Å². The lowest BCUT2D eigenvalue weighted by Gasteiger charge is -2.15. The molecule has 0 spiro atoms. The van der Waals surface area contributed by atoms with Crippen LogP contribution >= 0.6 is 0 Å². The molecule has 0 saturated carbocycles. The Morgan fingerprint density at radius 1 is 1.25 bits per heavy atom. The second-order valence-electron chi connectivity index (χ2n) is 5.74. The van der Waals surface area contributed by atoms with Crippen molar-refractivity contribution in [1.29, 1.82) is 0 Å². The maximum atomic E-state index is 12.3. The highest BCUT2D eigenvalue weighted by Crippen LogP contribution is 2.17. The van der Waals surface area contributed by atoms with Crippen molar-refractivity contribution in [2.24, 2.45) is 0 Å². The van der Waals surface area contributed by atoms with Crippen LogP contribution < -0.4 is 10.1 Å². The lowest BCUT2D eigenvalue weighted by molar-refractivity contribution is -0.136. The molecular formula is C18H21NO5. The highest BCUT2D eigenvalue weighted by molar-refractivity contribution is 5.97. The van der Waals surface area contributed by atoms with Gasteiger partial charge in [-0.15, -0.1) is 0 Å². The maximum absolute atomic E-state index is 12.3. The fourth-order valence-electron chi connectivity index (χ4n) is 2.29. The summed E-state index contributed by atoms with van der Waals surface area (Å²) in [6.07, 6.45) is 0.831. The zero-order valence-electron chi connectivity index (χ0n) is 14.0. The predicted molar refractivity (Wildman–Crippen MR) is 88.4 cm³/mol. The number of benzene rings is 1. The summed E-state index contributed by atoms with van der Waals surface area (Å²) in [4.78, 5) is 23.1. The van der Waals surface area contributed by atoms with Crippen LogP contribution in [0.1, 0.15) is 34.2 Å². The van der Waals surface area contributed by atoms with Crippen LogP contribution in [0.5, 0.6) is 5.75 Å². The first-order valence-corrected chi connectivity index (χ1v) is 7.67. The smallest absolute Gasteiger partial charge is 0.311 e. The van der Waals surface area contributed by atoms with Gasteiger partial charge in [0.05, 0.1) is 18.4 Å². The highest BCUT2D eigenvalue weighted by Gasteiger charge is 2.20. The number of ether oxygens (including phenoxy) is 1. The minimum Gasteiger partial charge on any atom is -0.489 e. The topological polar surface area (TPSA) is 88.8 Å². The molecule has 2 aromatic rings. The molecule has 6 heteroatoms. The number of hydrogen-bond acceptors (Lipinski definition) is 4. The van der Waals surface area contributed by atoms with E-state index >= 15 is 0 Å². The second kappa shape index (κ2) is 7.68. The Morgan fingerprint density at radius 2 is 1.92 bits per heavy atom. The van der Waals surface area contributed by atoms with E-state index in [-0.39, 0.29) is 29.8 Å². The minimum absolute atomic E-state index is 0.157. The second-order valence-corrected chi connectivity index (χ2v) is 5.74. The molecular weight excluding hydrogens is 310 g/mol. The van der Waals surface area contributed by atoms with Crippen LogP contribution in [0.3, 0.4) is 0 Å². The lowest BCUT2D eigenvalue weighted by Crippen LogP contribution is -2.34. The molecule has 128 valence electrons. The van der Waals surface area contributed by atoms with Gasteiger partial charge in [-0.2, -0.15) is 0 Å². The molecule has 1 aromatic heterocycles. The standard InChI is InChI=1S/C18H21NO5/c1-11-4-6-14(7-5-11)24-13(3)9-19-18(22)17-12(2)10-23-15(17)8-16(20)21/h4-7,10,13H,8-9H2,1-3H3,(H,19,22)(H,20,21). The van der Waals surface area contributed by atoms with E-state index in [0.29, 0.717) is 12.1 Å². The number of amides is 1. The number of carboxylic acids is 1. The third-order valence-electron chi connectivity index (χ3n) is 3.50. The van der Waals surface area contributed by atoms with E-state index in [1.54, 1.807) is 6.92 Å².